The molecule has 2 heterocycles. The summed E-state index contributed by atoms with van der Waals surface area (Å²) in [5.41, 5.74) is 3.48. The summed E-state index contributed by atoms with van der Waals surface area (Å²) in [4.78, 5) is 4.34. The van der Waals surface area contributed by atoms with Crippen molar-refractivity contribution in [3.63, 3.8) is 0 Å². The molecule has 0 radical (unpaired) electrons. The van der Waals surface area contributed by atoms with Crippen molar-refractivity contribution in [2.75, 3.05) is 5.32 Å². The summed E-state index contributed by atoms with van der Waals surface area (Å²) >= 11 is 0. The highest BCUT2D eigenvalue weighted by Crippen LogP contribution is 2.24. The lowest BCUT2D eigenvalue weighted by Gasteiger charge is -2.15. The van der Waals surface area contributed by atoms with Crippen LogP contribution < -0.4 is 5.32 Å². The maximum Gasteiger partial charge on any atom is 0.154 e. The van der Waals surface area contributed by atoms with Crippen LogP contribution >= 0.6 is 0 Å². The molecule has 4 aromatic rings. The van der Waals surface area contributed by atoms with Gasteiger partial charge in [-0.05, 0) is 55.3 Å². The Bertz CT molecular complexity index is 1120. The number of imidazole rings is 1. The molecule has 1 atom stereocenters. The van der Waals surface area contributed by atoms with E-state index in [1.54, 1.807) is 29.8 Å². The SMILES string of the molecule is Cc1ccc(-c2cnc3ccc(NC(C)c4cccc(F)c4)nn23)cc1F. The summed E-state index contributed by atoms with van der Waals surface area (Å²) in [5, 5.41) is 7.84. The lowest BCUT2D eigenvalue weighted by molar-refractivity contribution is 0.619. The second kappa shape index (κ2) is 6.79. The first-order valence-corrected chi connectivity index (χ1v) is 8.64. The minimum Gasteiger partial charge on any atom is -0.362 e. The molecule has 1 unspecified atom stereocenters. The van der Waals surface area contributed by atoms with Crippen molar-refractivity contribution in [2.45, 2.75) is 19.9 Å². The third-order valence-corrected chi connectivity index (χ3v) is 4.54. The molecule has 27 heavy (non-hydrogen) atoms. The number of fused-ring (bicyclic) bond motifs is 1. The Balaban J connectivity index is 1.68. The topological polar surface area (TPSA) is 42.2 Å². The quantitative estimate of drug-likeness (QED) is 0.544. The minimum absolute atomic E-state index is 0.130. The van der Waals surface area contributed by atoms with Gasteiger partial charge in [0, 0.05) is 5.56 Å². The molecule has 0 fully saturated rings. The van der Waals surface area contributed by atoms with Crippen LogP contribution in [0.1, 0.15) is 24.1 Å². The van der Waals surface area contributed by atoms with Crippen molar-refractivity contribution in [1.29, 1.82) is 0 Å². The predicted octanol–water partition coefficient (Wildman–Crippen LogP) is 5.16. The van der Waals surface area contributed by atoms with Gasteiger partial charge in [0.1, 0.15) is 17.5 Å². The van der Waals surface area contributed by atoms with Crippen LogP contribution in [-0.4, -0.2) is 14.6 Å². The van der Waals surface area contributed by atoms with E-state index in [9.17, 15) is 8.78 Å². The number of hydrogen-bond acceptors (Lipinski definition) is 3. The fourth-order valence-corrected chi connectivity index (χ4v) is 2.98. The number of hydrogen-bond donors (Lipinski definition) is 1. The molecule has 0 saturated heterocycles. The van der Waals surface area contributed by atoms with Crippen molar-refractivity contribution in [1.82, 2.24) is 14.6 Å². The highest BCUT2D eigenvalue weighted by Gasteiger charge is 2.12. The Morgan fingerprint density at radius 3 is 2.67 bits per heavy atom. The highest BCUT2D eigenvalue weighted by atomic mass is 19.1. The molecular weight excluding hydrogens is 346 g/mol. The average molecular weight is 364 g/mol. The van der Waals surface area contributed by atoms with Gasteiger partial charge in [0.15, 0.2) is 5.65 Å². The van der Waals surface area contributed by atoms with E-state index < -0.39 is 0 Å². The molecule has 2 aromatic heterocycles. The van der Waals surface area contributed by atoms with Gasteiger partial charge in [0.2, 0.25) is 0 Å². The Morgan fingerprint density at radius 2 is 1.89 bits per heavy atom. The van der Waals surface area contributed by atoms with Gasteiger partial charge in [-0.3, -0.25) is 0 Å². The molecule has 0 spiro atoms. The second-order valence-electron chi connectivity index (χ2n) is 6.52. The van der Waals surface area contributed by atoms with Crippen LogP contribution in [0.2, 0.25) is 0 Å². The monoisotopic (exact) mass is 364 g/mol. The zero-order valence-electron chi connectivity index (χ0n) is 14.9. The number of aryl methyl sites for hydroxylation is 1. The molecule has 6 heteroatoms. The van der Waals surface area contributed by atoms with E-state index in [1.165, 1.54) is 18.2 Å². The van der Waals surface area contributed by atoms with Gasteiger partial charge in [0.25, 0.3) is 0 Å². The van der Waals surface area contributed by atoms with Crippen LogP contribution in [-0.2, 0) is 0 Å². The maximum absolute atomic E-state index is 13.9. The molecule has 0 bridgehead atoms. The predicted molar refractivity (Wildman–Crippen MR) is 102 cm³/mol. The number of rotatable bonds is 4. The molecule has 0 aliphatic heterocycles. The van der Waals surface area contributed by atoms with Gasteiger partial charge in [-0.1, -0.05) is 24.3 Å². The summed E-state index contributed by atoms with van der Waals surface area (Å²) < 4.78 is 29.1. The molecule has 0 saturated carbocycles. The first-order chi connectivity index (χ1) is 13.0. The molecule has 136 valence electrons. The van der Waals surface area contributed by atoms with E-state index in [4.69, 9.17) is 0 Å². The number of anilines is 1. The number of nitrogens with zero attached hydrogens (tertiary/aromatic N) is 3. The number of aromatic nitrogens is 3. The molecule has 0 aliphatic carbocycles. The Labute approximate surface area is 155 Å². The molecule has 1 N–H and O–H groups in total. The maximum atomic E-state index is 13.9. The van der Waals surface area contributed by atoms with Crippen LogP contribution in [0.25, 0.3) is 16.9 Å². The van der Waals surface area contributed by atoms with Crippen LogP contribution in [0.15, 0.2) is 60.8 Å². The number of halogens is 2. The lowest BCUT2D eigenvalue weighted by Crippen LogP contribution is -2.10. The van der Waals surface area contributed by atoms with E-state index in [0.717, 1.165) is 5.56 Å². The third kappa shape index (κ3) is 3.38. The molecule has 0 amide bonds. The number of benzene rings is 2. The molecule has 0 aliphatic rings. The summed E-state index contributed by atoms with van der Waals surface area (Å²) in [6.45, 7) is 3.66. The lowest BCUT2D eigenvalue weighted by atomic mass is 10.1. The third-order valence-electron chi connectivity index (χ3n) is 4.54. The van der Waals surface area contributed by atoms with Gasteiger partial charge in [-0.15, -0.1) is 5.10 Å². The molecule has 4 rings (SSSR count). The first-order valence-electron chi connectivity index (χ1n) is 8.64. The number of nitrogens with one attached hydrogen (secondary N) is 1. The second-order valence-corrected chi connectivity index (χ2v) is 6.52. The standard InChI is InChI=1S/C21H18F2N4/c1-13-6-7-16(11-18(13)23)19-12-24-21-9-8-20(26-27(19)21)25-14(2)15-4-3-5-17(22)10-15/h3-12,14H,1-2H3,(H,25,26). The Hall–Kier alpha value is -3.28. The molecule has 4 nitrogen and oxygen atoms in total. The van der Waals surface area contributed by atoms with Gasteiger partial charge < -0.3 is 5.32 Å². The summed E-state index contributed by atoms with van der Waals surface area (Å²) in [6.07, 6.45) is 1.67. The van der Waals surface area contributed by atoms with Crippen molar-refractivity contribution < 1.29 is 8.78 Å². The van der Waals surface area contributed by atoms with Crippen LogP contribution in [0.5, 0.6) is 0 Å². The average Bonchev–Trinajstić information content (AvgIpc) is 3.07. The van der Waals surface area contributed by atoms with Crippen LogP contribution in [0.3, 0.4) is 0 Å². The van der Waals surface area contributed by atoms with Crippen molar-refractivity contribution in [2.24, 2.45) is 0 Å². The van der Waals surface area contributed by atoms with Gasteiger partial charge in [-0.25, -0.2) is 18.3 Å². The Morgan fingerprint density at radius 1 is 1.04 bits per heavy atom. The molecule has 2 aromatic carbocycles. The smallest absolute Gasteiger partial charge is 0.154 e. The van der Waals surface area contributed by atoms with Gasteiger partial charge in [-0.2, -0.15) is 0 Å². The highest BCUT2D eigenvalue weighted by molar-refractivity contribution is 5.64. The van der Waals surface area contributed by atoms with Crippen molar-refractivity contribution in [3.8, 4) is 11.3 Å². The van der Waals surface area contributed by atoms with Crippen molar-refractivity contribution >= 4 is 11.5 Å². The van der Waals surface area contributed by atoms with E-state index in [1.807, 2.05) is 31.2 Å². The molecular formula is C21H18F2N4. The Kier molecular flexibility index (Phi) is 4.32. The van der Waals surface area contributed by atoms with Gasteiger partial charge >= 0.3 is 0 Å². The van der Waals surface area contributed by atoms with E-state index >= 15 is 0 Å². The van der Waals surface area contributed by atoms with Crippen LogP contribution in [0.4, 0.5) is 14.6 Å². The van der Waals surface area contributed by atoms with E-state index in [-0.39, 0.29) is 17.7 Å². The largest absolute Gasteiger partial charge is 0.362 e. The van der Waals surface area contributed by atoms with E-state index in [2.05, 4.69) is 15.4 Å². The minimum atomic E-state index is -0.275. The summed E-state index contributed by atoms with van der Waals surface area (Å²) in [7, 11) is 0. The zero-order valence-corrected chi connectivity index (χ0v) is 14.9. The fraction of sp³-hybridized carbons (Fsp3) is 0.143. The van der Waals surface area contributed by atoms with Gasteiger partial charge in [0.05, 0.1) is 17.9 Å². The zero-order chi connectivity index (χ0) is 19.0. The first kappa shape index (κ1) is 17.1. The summed E-state index contributed by atoms with van der Waals surface area (Å²) in [6, 6.07) is 15.0. The summed E-state index contributed by atoms with van der Waals surface area (Å²) in [5.74, 6) is 0.0744. The van der Waals surface area contributed by atoms with Crippen molar-refractivity contribution in [3.05, 3.63) is 83.6 Å². The normalized spacial score (nSPS) is 12.3. The fourth-order valence-electron chi connectivity index (χ4n) is 2.98. The van der Waals surface area contributed by atoms with Crippen LogP contribution in [0, 0.1) is 18.6 Å². The van der Waals surface area contributed by atoms with E-state index in [0.29, 0.717) is 28.3 Å².